The molecule has 5 heteroatoms. The third-order valence-corrected chi connectivity index (χ3v) is 3.38. The molecule has 0 aliphatic carbocycles. The van der Waals surface area contributed by atoms with E-state index in [4.69, 9.17) is 4.74 Å². The summed E-state index contributed by atoms with van der Waals surface area (Å²) in [5.41, 5.74) is 1.83. The fourth-order valence-electron chi connectivity index (χ4n) is 1.53. The number of alkyl carbamates (subject to hydrolysis) is 1. The molecule has 4 nitrogen and oxygen atoms in total. The zero-order valence-corrected chi connectivity index (χ0v) is 14.1. The lowest BCUT2D eigenvalue weighted by molar-refractivity contribution is 0.0528. The second-order valence-electron chi connectivity index (χ2n) is 5.67. The minimum absolute atomic E-state index is 0.365. The van der Waals surface area contributed by atoms with Crippen LogP contribution in [0.2, 0.25) is 0 Å². The predicted octanol–water partition coefficient (Wildman–Crippen LogP) is 4.08. The van der Waals surface area contributed by atoms with Crippen molar-refractivity contribution < 1.29 is 9.53 Å². The summed E-state index contributed by atoms with van der Waals surface area (Å²) < 4.78 is 6.25. The van der Waals surface area contributed by atoms with Gasteiger partial charge in [0.2, 0.25) is 0 Å². The molecule has 0 spiro atoms. The monoisotopic (exact) mass is 342 g/mol. The molecule has 1 rings (SSSR count). The molecule has 0 aliphatic heterocycles. The molecule has 0 saturated heterocycles. The Morgan fingerprint density at radius 3 is 2.60 bits per heavy atom. The Labute approximate surface area is 129 Å². The minimum Gasteiger partial charge on any atom is -0.444 e. The maximum Gasteiger partial charge on any atom is 0.407 e. The third-order valence-electron chi connectivity index (χ3n) is 2.52. The fourth-order valence-corrected chi connectivity index (χ4v) is 1.91. The van der Waals surface area contributed by atoms with Crippen LogP contribution in [-0.2, 0) is 4.74 Å². The summed E-state index contributed by atoms with van der Waals surface area (Å²) >= 11 is 3.50. The van der Waals surface area contributed by atoms with Crippen LogP contribution in [0.15, 0.2) is 22.7 Å². The Balaban J connectivity index is 2.19. The summed E-state index contributed by atoms with van der Waals surface area (Å²) in [5.74, 6) is 0. The van der Waals surface area contributed by atoms with Crippen molar-refractivity contribution in [3.8, 4) is 0 Å². The summed E-state index contributed by atoms with van der Waals surface area (Å²) in [5, 5.41) is 6.05. The van der Waals surface area contributed by atoms with Gasteiger partial charge in [-0.2, -0.15) is 0 Å². The maximum atomic E-state index is 11.4. The average molecular weight is 343 g/mol. The first-order chi connectivity index (χ1) is 9.28. The number of amides is 1. The van der Waals surface area contributed by atoms with Crippen LogP contribution in [-0.4, -0.2) is 24.8 Å². The van der Waals surface area contributed by atoms with Gasteiger partial charge in [0.05, 0.1) is 0 Å². The van der Waals surface area contributed by atoms with Gasteiger partial charge in [0.25, 0.3) is 0 Å². The molecule has 0 radical (unpaired) electrons. The number of anilines is 1. The summed E-state index contributed by atoms with van der Waals surface area (Å²) in [4.78, 5) is 11.4. The van der Waals surface area contributed by atoms with Crippen molar-refractivity contribution in [2.24, 2.45) is 0 Å². The number of rotatable bonds is 5. The summed E-state index contributed by atoms with van der Waals surface area (Å²) in [6.07, 6.45) is 0.473. The Hall–Kier alpha value is -1.23. The van der Waals surface area contributed by atoms with Crippen LogP contribution < -0.4 is 10.6 Å². The molecule has 2 N–H and O–H groups in total. The number of halogens is 1. The van der Waals surface area contributed by atoms with Gasteiger partial charge in [-0.15, -0.1) is 0 Å². The fraction of sp³-hybridized carbons (Fsp3) is 0.533. The zero-order valence-electron chi connectivity index (χ0n) is 12.5. The molecule has 0 atom stereocenters. The maximum absolute atomic E-state index is 11.4. The van der Waals surface area contributed by atoms with Gasteiger partial charge >= 0.3 is 6.09 Å². The molecule has 0 heterocycles. The number of hydrogen-bond donors (Lipinski definition) is 2. The van der Waals surface area contributed by atoms with E-state index in [0.29, 0.717) is 6.54 Å². The Morgan fingerprint density at radius 2 is 2.00 bits per heavy atom. The zero-order chi connectivity index (χ0) is 15.2. The second kappa shape index (κ2) is 7.53. The van der Waals surface area contributed by atoms with E-state index in [1.165, 1.54) is 5.56 Å². The number of nitrogens with one attached hydrogen (secondary N) is 2. The largest absolute Gasteiger partial charge is 0.444 e. The number of carbonyl (C=O) groups excluding carboxylic acids is 1. The van der Waals surface area contributed by atoms with Gasteiger partial charge in [-0.05, 0) is 51.8 Å². The van der Waals surface area contributed by atoms with E-state index in [9.17, 15) is 4.79 Å². The second-order valence-corrected chi connectivity index (χ2v) is 6.53. The van der Waals surface area contributed by atoms with Crippen molar-refractivity contribution >= 4 is 27.7 Å². The highest BCUT2D eigenvalue weighted by Crippen LogP contribution is 2.20. The van der Waals surface area contributed by atoms with Crippen LogP contribution in [0.3, 0.4) is 0 Å². The molecule has 0 aromatic heterocycles. The molecule has 20 heavy (non-hydrogen) atoms. The SMILES string of the molecule is Cc1ccc(NCCCNC(=O)OC(C)(C)C)cc1Br. The highest BCUT2D eigenvalue weighted by atomic mass is 79.9. The predicted molar refractivity (Wildman–Crippen MR) is 86.2 cm³/mol. The normalized spacial score (nSPS) is 11.1. The van der Waals surface area contributed by atoms with Gasteiger partial charge in [0.1, 0.15) is 5.60 Å². The molecular weight excluding hydrogens is 320 g/mol. The van der Waals surface area contributed by atoms with E-state index in [1.54, 1.807) is 0 Å². The first-order valence-corrected chi connectivity index (χ1v) is 7.54. The Morgan fingerprint density at radius 1 is 1.30 bits per heavy atom. The van der Waals surface area contributed by atoms with Crippen LogP contribution in [0, 0.1) is 6.92 Å². The molecule has 1 aromatic rings. The van der Waals surface area contributed by atoms with Gasteiger partial charge < -0.3 is 15.4 Å². The number of aryl methyl sites for hydroxylation is 1. The van der Waals surface area contributed by atoms with Crippen molar-refractivity contribution in [3.63, 3.8) is 0 Å². The lowest BCUT2D eigenvalue weighted by atomic mass is 10.2. The lowest BCUT2D eigenvalue weighted by Gasteiger charge is -2.19. The number of benzene rings is 1. The van der Waals surface area contributed by atoms with Crippen molar-refractivity contribution in [3.05, 3.63) is 28.2 Å². The van der Waals surface area contributed by atoms with E-state index in [-0.39, 0.29) is 6.09 Å². The molecule has 0 aliphatic rings. The molecule has 1 amide bonds. The van der Waals surface area contributed by atoms with Crippen LogP contribution in [0.4, 0.5) is 10.5 Å². The lowest BCUT2D eigenvalue weighted by Crippen LogP contribution is -2.33. The molecule has 112 valence electrons. The third kappa shape index (κ3) is 6.80. The van der Waals surface area contributed by atoms with Gasteiger partial charge in [-0.1, -0.05) is 22.0 Å². The Bertz CT molecular complexity index is 456. The van der Waals surface area contributed by atoms with E-state index in [1.807, 2.05) is 26.8 Å². The highest BCUT2D eigenvalue weighted by Gasteiger charge is 2.15. The van der Waals surface area contributed by atoms with Crippen molar-refractivity contribution in [2.75, 3.05) is 18.4 Å². The topological polar surface area (TPSA) is 50.4 Å². The summed E-state index contributed by atoms with van der Waals surface area (Å²) in [7, 11) is 0. The Kier molecular flexibility index (Phi) is 6.33. The molecule has 0 saturated carbocycles. The number of hydrogen-bond acceptors (Lipinski definition) is 3. The van der Waals surface area contributed by atoms with E-state index in [0.717, 1.165) is 23.1 Å². The van der Waals surface area contributed by atoms with E-state index >= 15 is 0 Å². The first-order valence-electron chi connectivity index (χ1n) is 6.75. The molecule has 0 bridgehead atoms. The van der Waals surface area contributed by atoms with Crippen LogP contribution in [0.1, 0.15) is 32.8 Å². The number of carbonyl (C=O) groups is 1. The van der Waals surface area contributed by atoms with Crippen molar-refractivity contribution in [1.29, 1.82) is 0 Å². The van der Waals surface area contributed by atoms with Crippen LogP contribution in [0.25, 0.3) is 0 Å². The van der Waals surface area contributed by atoms with Crippen molar-refractivity contribution in [2.45, 2.75) is 39.7 Å². The van der Waals surface area contributed by atoms with Gasteiger partial charge in [0, 0.05) is 23.2 Å². The standard InChI is InChI=1S/C15H23BrN2O2/c1-11-6-7-12(10-13(11)16)17-8-5-9-18-14(19)20-15(2,3)4/h6-7,10,17H,5,8-9H2,1-4H3,(H,18,19). The average Bonchev–Trinajstić information content (AvgIpc) is 2.31. The van der Waals surface area contributed by atoms with E-state index in [2.05, 4.69) is 45.6 Å². The summed E-state index contributed by atoms with van der Waals surface area (Å²) in [6.45, 7) is 9.00. The van der Waals surface area contributed by atoms with Gasteiger partial charge in [-0.3, -0.25) is 0 Å². The molecular formula is C15H23BrN2O2. The number of ether oxygens (including phenoxy) is 1. The molecule has 1 aromatic carbocycles. The van der Waals surface area contributed by atoms with Crippen LogP contribution >= 0.6 is 15.9 Å². The minimum atomic E-state index is -0.448. The van der Waals surface area contributed by atoms with Crippen molar-refractivity contribution in [1.82, 2.24) is 5.32 Å². The smallest absolute Gasteiger partial charge is 0.407 e. The first kappa shape index (κ1) is 16.8. The van der Waals surface area contributed by atoms with Gasteiger partial charge in [-0.25, -0.2) is 4.79 Å². The van der Waals surface area contributed by atoms with E-state index < -0.39 is 5.60 Å². The quantitative estimate of drug-likeness (QED) is 0.792. The van der Waals surface area contributed by atoms with Gasteiger partial charge in [0.15, 0.2) is 0 Å². The molecule has 0 fully saturated rings. The highest BCUT2D eigenvalue weighted by molar-refractivity contribution is 9.10. The summed E-state index contributed by atoms with van der Waals surface area (Å²) in [6, 6.07) is 6.16. The van der Waals surface area contributed by atoms with Crippen LogP contribution in [0.5, 0.6) is 0 Å². The molecule has 0 unspecified atom stereocenters.